The lowest BCUT2D eigenvalue weighted by atomic mass is 10.0. The average Bonchev–Trinajstić information content (AvgIpc) is 3.50. The number of hydrogen-bond donors (Lipinski definition) is 2. The fourth-order valence-electron chi connectivity index (χ4n) is 3.83. The van der Waals surface area contributed by atoms with Crippen molar-refractivity contribution in [2.24, 2.45) is 5.73 Å². The Morgan fingerprint density at radius 2 is 1.82 bits per heavy atom. The molecular weight excluding hydrogens is 522 g/mol. The number of likely N-dealkylation sites (tertiary alicyclic amines) is 1. The largest absolute Gasteiger partial charge is 0.490 e. The molecule has 0 bridgehead atoms. The molecule has 204 valence electrons. The van der Waals surface area contributed by atoms with Crippen LogP contribution in [0.3, 0.4) is 0 Å². The molecule has 2 atom stereocenters. The van der Waals surface area contributed by atoms with Crippen molar-refractivity contribution < 1.29 is 45.6 Å². The van der Waals surface area contributed by atoms with Crippen LogP contribution in [0.1, 0.15) is 36.8 Å². The molecule has 1 aliphatic heterocycles. The Hall–Kier alpha value is -3.94. The van der Waals surface area contributed by atoms with Gasteiger partial charge in [-0.15, -0.1) is 0 Å². The first-order valence-electron chi connectivity index (χ1n) is 11.2. The van der Waals surface area contributed by atoms with Crippen molar-refractivity contribution in [3.63, 3.8) is 0 Å². The average molecular weight is 544 g/mol. The van der Waals surface area contributed by atoms with Gasteiger partial charge in [0, 0.05) is 25.1 Å². The lowest BCUT2D eigenvalue weighted by molar-refractivity contribution is -0.192. The molecule has 2 aromatic carbocycles. The summed E-state index contributed by atoms with van der Waals surface area (Å²) in [6.07, 6.45) is -3.45. The van der Waals surface area contributed by atoms with Gasteiger partial charge in [0.05, 0.1) is 5.56 Å². The first kappa shape index (κ1) is 28.6. The van der Waals surface area contributed by atoms with Gasteiger partial charge in [-0.25, -0.2) is 18.0 Å². The quantitative estimate of drug-likeness (QED) is 0.441. The van der Waals surface area contributed by atoms with Gasteiger partial charge in [0.2, 0.25) is 17.6 Å². The number of rotatable bonds is 6. The normalized spacial score (nSPS) is 16.1. The van der Waals surface area contributed by atoms with E-state index in [9.17, 15) is 31.1 Å². The summed E-state index contributed by atoms with van der Waals surface area (Å²) in [6, 6.07) is 8.42. The number of aliphatic carboxylic acids is 1. The maximum atomic E-state index is 14.0. The van der Waals surface area contributed by atoms with E-state index < -0.39 is 35.9 Å². The summed E-state index contributed by atoms with van der Waals surface area (Å²) in [7, 11) is 0. The van der Waals surface area contributed by atoms with Crippen LogP contribution in [0.4, 0.5) is 26.3 Å². The standard InChI is InChI=1S/C22H21F3N4O2.C2HF3O2/c23-14-7-8-16(18(25)11-14)21-27-22(31-28-21)19-6-3-9-29(19)20(30)12-15(26)10-13-4-1-2-5-17(13)24;3-2(4,5)1(6)7/h1-2,4-5,7-8,11,15,19H,3,6,9-10,12,26H2;(H,6,7)/t15-,19+;/m1./s1. The number of halogens is 6. The zero-order valence-electron chi connectivity index (χ0n) is 19.6. The molecule has 1 saturated heterocycles. The van der Waals surface area contributed by atoms with Crippen LogP contribution < -0.4 is 5.73 Å². The van der Waals surface area contributed by atoms with Crippen LogP contribution in [0.2, 0.25) is 0 Å². The molecule has 1 amide bonds. The summed E-state index contributed by atoms with van der Waals surface area (Å²) < 4.78 is 78.0. The molecule has 4 rings (SSSR count). The van der Waals surface area contributed by atoms with Gasteiger partial charge in [0.25, 0.3) is 0 Å². The van der Waals surface area contributed by atoms with E-state index in [0.717, 1.165) is 18.6 Å². The van der Waals surface area contributed by atoms with Crippen molar-refractivity contribution in [2.75, 3.05) is 6.54 Å². The number of amides is 1. The van der Waals surface area contributed by atoms with E-state index in [0.29, 0.717) is 18.5 Å². The molecule has 38 heavy (non-hydrogen) atoms. The first-order valence-corrected chi connectivity index (χ1v) is 11.2. The lowest BCUT2D eigenvalue weighted by Gasteiger charge is -2.23. The molecule has 0 radical (unpaired) electrons. The van der Waals surface area contributed by atoms with Crippen molar-refractivity contribution in [1.29, 1.82) is 0 Å². The molecule has 3 aromatic rings. The summed E-state index contributed by atoms with van der Waals surface area (Å²) in [4.78, 5) is 27.6. The Kier molecular flexibility index (Phi) is 9.09. The molecular formula is C24H22F6N4O4. The molecule has 1 fully saturated rings. The maximum absolute atomic E-state index is 14.0. The Balaban J connectivity index is 0.000000505. The van der Waals surface area contributed by atoms with Crippen LogP contribution in [0.5, 0.6) is 0 Å². The number of alkyl halides is 3. The minimum Gasteiger partial charge on any atom is -0.475 e. The molecule has 0 unspecified atom stereocenters. The monoisotopic (exact) mass is 544 g/mol. The molecule has 2 heterocycles. The van der Waals surface area contributed by atoms with E-state index in [1.165, 1.54) is 12.1 Å². The van der Waals surface area contributed by atoms with Gasteiger partial charge in [-0.2, -0.15) is 18.2 Å². The van der Waals surface area contributed by atoms with Gasteiger partial charge in [0.15, 0.2) is 0 Å². The number of carbonyl (C=O) groups excluding carboxylic acids is 1. The van der Waals surface area contributed by atoms with Crippen LogP contribution >= 0.6 is 0 Å². The summed E-state index contributed by atoms with van der Waals surface area (Å²) in [5.74, 6) is -4.63. The highest BCUT2D eigenvalue weighted by Gasteiger charge is 2.38. The minimum atomic E-state index is -5.08. The number of carbonyl (C=O) groups is 2. The number of hydrogen-bond acceptors (Lipinski definition) is 6. The second-order valence-electron chi connectivity index (χ2n) is 8.39. The fourth-order valence-corrected chi connectivity index (χ4v) is 3.83. The Morgan fingerprint density at radius 3 is 2.45 bits per heavy atom. The van der Waals surface area contributed by atoms with E-state index in [1.54, 1.807) is 23.1 Å². The van der Waals surface area contributed by atoms with E-state index in [2.05, 4.69) is 10.1 Å². The summed E-state index contributed by atoms with van der Waals surface area (Å²) in [6.45, 7) is 0.499. The van der Waals surface area contributed by atoms with Crippen LogP contribution in [-0.4, -0.2) is 50.8 Å². The van der Waals surface area contributed by atoms with E-state index >= 15 is 0 Å². The second-order valence-corrected chi connectivity index (χ2v) is 8.39. The van der Waals surface area contributed by atoms with Crippen LogP contribution in [-0.2, 0) is 16.0 Å². The maximum Gasteiger partial charge on any atom is 0.490 e. The summed E-state index contributed by atoms with van der Waals surface area (Å²) in [5.41, 5.74) is 6.57. The zero-order chi connectivity index (χ0) is 28.0. The van der Waals surface area contributed by atoms with Crippen LogP contribution in [0.25, 0.3) is 11.4 Å². The predicted molar refractivity (Wildman–Crippen MR) is 120 cm³/mol. The third-order valence-electron chi connectivity index (χ3n) is 5.59. The molecule has 3 N–H and O–H groups in total. The van der Waals surface area contributed by atoms with Crippen LogP contribution in [0.15, 0.2) is 47.0 Å². The van der Waals surface area contributed by atoms with E-state index in [1.807, 2.05) is 0 Å². The number of nitrogens with two attached hydrogens (primary N) is 1. The molecule has 0 aliphatic carbocycles. The number of carboxylic acid groups (broad SMARTS) is 1. The van der Waals surface area contributed by atoms with Gasteiger partial charge in [-0.1, -0.05) is 23.4 Å². The Labute approximate surface area is 212 Å². The number of nitrogens with zero attached hydrogens (tertiary/aromatic N) is 3. The molecule has 0 spiro atoms. The van der Waals surface area contributed by atoms with Crippen molar-refractivity contribution in [2.45, 2.75) is 43.9 Å². The molecule has 1 aliphatic rings. The summed E-state index contributed by atoms with van der Waals surface area (Å²) in [5, 5.41) is 10.9. The highest BCUT2D eigenvalue weighted by molar-refractivity contribution is 5.77. The second kappa shape index (κ2) is 12.1. The SMILES string of the molecule is N[C@@H](CC(=O)N1CCC[C@H]1c1nc(-c2ccc(F)cc2F)no1)Cc1ccccc1F.O=C(O)C(F)(F)F. The number of carboxylic acids is 1. The Morgan fingerprint density at radius 1 is 1.13 bits per heavy atom. The van der Waals surface area contributed by atoms with E-state index in [-0.39, 0.29) is 41.8 Å². The van der Waals surface area contributed by atoms with Crippen molar-refractivity contribution >= 4 is 11.9 Å². The van der Waals surface area contributed by atoms with Crippen molar-refractivity contribution in [3.05, 3.63) is 71.4 Å². The van der Waals surface area contributed by atoms with Gasteiger partial charge in [-0.3, -0.25) is 4.79 Å². The fraction of sp³-hybridized carbons (Fsp3) is 0.333. The predicted octanol–water partition coefficient (Wildman–Crippen LogP) is 4.41. The van der Waals surface area contributed by atoms with E-state index in [4.69, 9.17) is 20.2 Å². The molecule has 14 heteroatoms. The Bertz CT molecular complexity index is 1280. The van der Waals surface area contributed by atoms with Crippen molar-refractivity contribution in [1.82, 2.24) is 15.0 Å². The smallest absolute Gasteiger partial charge is 0.475 e. The first-order chi connectivity index (χ1) is 17.9. The molecule has 8 nitrogen and oxygen atoms in total. The molecule has 0 saturated carbocycles. The van der Waals surface area contributed by atoms with Gasteiger partial charge < -0.3 is 20.3 Å². The highest BCUT2D eigenvalue weighted by atomic mass is 19.4. The van der Waals surface area contributed by atoms with Gasteiger partial charge in [0.1, 0.15) is 23.5 Å². The zero-order valence-corrected chi connectivity index (χ0v) is 19.6. The van der Waals surface area contributed by atoms with Crippen molar-refractivity contribution in [3.8, 4) is 11.4 Å². The summed E-state index contributed by atoms with van der Waals surface area (Å²) >= 11 is 0. The lowest BCUT2D eigenvalue weighted by Crippen LogP contribution is -2.36. The topological polar surface area (TPSA) is 123 Å². The number of aromatic nitrogens is 2. The highest BCUT2D eigenvalue weighted by Crippen LogP contribution is 2.33. The van der Waals surface area contributed by atoms with Gasteiger partial charge in [-0.05, 0) is 43.0 Å². The third-order valence-corrected chi connectivity index (χ3v) is 5.59. The number of benzene rings is 2. The molecule has 1 aromatic heterocycles. The third kappa shape index (κ3) is 7.31. The van der Waals surface area contributed by atoms with Crippen LogP contribution in [0, 0.1) is 17.5 Å². The minimum absolute atomic E-state index is 0.0111. The van der Waals surface area contributed by atoms with Gasteiger partial charge >= 0.3 is 12.1 Å².